The van der Waals surface area contributed by atoms with Gasteiger partial charge in [0.15, 0.2) is 0 Å². The van der Waals surface area contributed by atoms with Crippen molar-refractivity contribution in [2.24, 2.45) is 0 Å². The van der Waals surface area contributed by atoms with Crippen molar-refractivity contribution in [3.63, 3.8) is 0 Å². The number of pyridine rings is 1. The van der Waals surface area contributed by atoms with Crippen LogP contribution in [0.5, 0.6) is 0 Å². The Balaban J connectivity index is 2.02. The second-order valence-electron chi connectivity index (χ2n) is 4.51. The Labute approximate surface area is 141 Å². The van der Waals surface area contributed by atoms with Gasteiger partial charge in [-0.2, -0.15) is 0 Å². The van der Waals surface area contributed by atoms with Crippen LogP contribution in [0.1, 0.15) is 16.1 Å². The summed E-state index contributed by atoms with van der Waals surface area (Å²) >= 11 is 9.42. The summed E-state index contributed by atoms with van der Waals surface area (Å²) in [5.41, 5.74) is 1.77. The first kappa shape index (κ1) is 16.9. The van der Waals surface area contributed by atoms with Gasteiger partial charge in [-0.15, -0.1) is 0 Å². The molecule has 3 N–H and O–H groups in total. The smallest absolute Gasteiger partial charge is 0.274 e. The van der Waals surface area contributed by atoms with Crippen molar-refractivity contribution in [3.8, 4) is 0 Å². The van der Waals surface area contributed by atoms with E-state index in [0.717, 1.165) is 5.56 Å². The van der Waals surface area contributed by atoms with Gasteiger partial charge < -0.3 is 15.7 Å². The van der Waals surface area contributed by atoms with Crippen molar-refractivity contribution in [2.75, 3.05) is 18.5 Å². The molecule has 2 aromatic rings. The Bertz CT molecular complexity index is 650. The number of benzene rings is 1. The summed E-state index contributed by atoms with van der Waals surface area (Å²) < 4.78 is 0.713. The summed E-state index contributed by atoms with van der Waals surface area (Å²) in [7, 11) is 0. The van der Waals surface area contributed by atoms with Crippen LogP contribution in [-0.4, -0.2) is 29.1 Å². The van der Waals surface area contributed by atoms with Crippen LogP contribution in [0.25, 0.3) is 0 Å². The first-order chi connectivity index (χ1) is 10.6. The van der Waals surface area contributed by atoms with E-state index in [1.165, 1.54) is 0 Å². The maximum Gasteiger partial charge on any atom is 0.274 e. The Morgan fingerprint density at radius 3 is 2.82 bits per heavy atom. The molecule has 1 aromatic heterocycles. The van der Waals surface area contributed by atoms with E-state index in [9.17, 15) is 4.79 Å². The molecule has 1 heterocycles. The molecular weight excluding hydrogens is 370 g/mol. The molecule has 0 aliphatic rings. The Morgan fingerprint density at radius 1 is 1.32 bits per heavy atom. The number of carbonyl (C=O) groups excluding carboxylic acids is 1. The number of aliphatic hydroxyl groups excluding tert-OH is 1. The number of halogens is 2. The molecule has 2 rings (SSSR count). The molecule has 1 aromatic carbocycles. The molecule has 0 saturated heterocycles. The van der Waals surface area contributed by atoms with Crippen LogP contribution in [0.15, 0.2) is 41.0 Å². The molecule has 0 fully saturated rings. The lowest BCUT2D eigenvalue weighted by Crippen LogP contribution is -2.18. The summed E-state index contributed by atoms with van der Waals surface area (Å²) in [4.78, 5) is 16.3. The van der Waals surface area contributed by atoms with Crippen molar-refractivity contribution < 1.29 is 9.90 Å². The predicted octanol–water partition coefficient (Wildman–Crippen LogP) is 2.83. The third kappa shape index (κ3) is 4.51. The van der Waals surface area contributed by atoms with Crippen molar-refractivity contribution in [1.29, 1.82) is 0 Å². The normalized spacial score (nSPS) is 10.5. The largest absolute Gasteiger partial charge is 0.395 e. The fourth-order valence-electron chi connectivity index (χ4n) is 1.76. The number of anilines is 1. The van der Waals surface area contributed by atoms with E-state index in [4.69, 9.17) is 16.7 Å². The summed E-state index contributed by atoms with van der Waals surface area (Å²) in [6, 6.07) is 8.77. The van der Waals surface area contributed by atoms with Crippen molar-refractivity contribution >= 4 is 39.1 Å². The van der Waals surface area contributed by atoms with Crippen LogP contribution in [0.2, 0.25) is 5.02 Å². The van der Waals surface area contributed by atoms with Crippen molar-refractivity contribution in [3.05, 3.63) is 57.3 Å². The third-order valence-corrected chi connectivity index (χ3v) is 4.17. The zero-order valence-corrected chi connectivity index (χ0v) is 14.0. The lowest BCUT2D eigenvalue weighted by atomic mass is 10.2. The van der Waals surface area contributed by atoms with E-state index in [0.29, 0.717) is 34.0 Å². The summed E-state index contributed by atoms with van der Waals surface area (Å²) in [6.45, 7) is 1.19. The standard InChI is InChI=1S/C15H15BrClN3O2/c16-11-2-1-3-12(14(11)17)20-15(22)13-5-4-10(9-19-13)8-18-6-7-21/h1-5,9,18,21H,6-8H2,(H,20,22). The summed E-state index contributed by atoms with van der Waals surface area (Å²) in [5.74, 6) is -0.324. The lowest BCUT2D eigenvalue weighted by molar-refractivity contribution is 0.102. The Kier molecular flexibility index (Phi) is 6.33. The number of carbonyl (C=O) groups is 1. The van der Waals surface area contributed by atoms with Crippen LogP contribution in [-0.2, 0) is 6.54 Å². The van der Waals surface area contributed by atoms with E-state index in [1.807, 2.05) is 6.07 Å². The molecule has 5 nitrogen and oxygen atoms in total. The van der Waals surface area contributed by atoms with E-state index >= 15 is 0 Å². The number of aromatic nitrogens is 1. The summed E-state index contributed by atoms with van der Waals surface area (Å²) in [5, 5.41) is 14.9. The molecule has 0 saturated carbocycles. The number of aliphatic hydroxyl groups is 1. The average molecular weight is 385 g/mol. The zero-order valence-electron chi connectivity index (χ0n) is 11.6. The number of nitrogens with one attached hydrogen (secondary N) is 2. The average Bonchev–Trinajstić information content (AvgIpc) is 2.53. The highest BCUT2D eigenvalue weighted by molar-refractivity contribution is 9.10. The molecule has 0 spiro atoms. The SMILES string of the molecule is O=C(Nc1cccc(Br)c1Cl)c1ccc(CNCCO)cn1. The molecule has 7 heteroatoms. The quantitative estimate of drug-likeness (QED) is 0.670. The van der Waals surface area contributed by atoms with Gasteiger partial charge in [0, 0.05) is 23.8 Å². The van der Waals surface area contributed by atoms with Crippen LogP contribution in [0.3, 0.4) is 0 Å². The molecule has 0 unspecified atom stereocenters. The molecule has 0 bridgehead atoms. The van der Waals surface area contributed by atoms with Gasteiger partial charge in [0.2, 0.25) is 0 Å². The molecular formula is C15H15BrClN3O2. The van der Waals surface area contributed by atoms with Crippen molar-refractivity contribution in [2.45, 2.75) is 6.54 Å². The monoisotopic (exact) mass is 383 g/mol. The summed E-state index contributed by atoms with van der Waals surface area (Å²) in [6.07, 6.45) is 1.63. The maximum absolute atomic E-state index is 12.2. The van der Waals surface area contributed by atoms with Gasteiger partial charge in [-0.05, 0) is 39.7 Å². The second kappa shape index (κ2) is 8.24. The molecule has 0 aliphatic heterocycles. The fraction of sp³-hybridized carbons (Fsp3) is 0.200. The van der Waals surface area contributed by atoms with Gasteiger partial charge in [0.25, 0.3) is 5.91 Å². The molecule has 1 amide bonds. The van der Waals surface area contributed by atoms with Gasteiger partial charge in [0.05, 0.1) is 17.3 Å². The highest BCUT2D eigenvalue weighted by Gasteiger charge is 2.11. The van der Waals surface area contributed by atoms with Gasteiger partial charge in [-0.3, -0.25) is 9.78 Å². The highest BCUT2D eigenvalue weighted by Crippen LogP contribution is 2.30. The maximum atomic E-state index is 12.2. The molecule has 0 atom stereocenters. The predicted molar refractivity (Wildman–Crippen MR) is 90.1 cm³/mol. The van der Waals surface area contributed by atoms with Crippen LogP contribution in [0.4, 0.5) is 5.69 Å². The van der Waals surface area contributed by atoms with Crippen LogP contribution >= 0.6 is 27.5 Å². The van der Waals surface area contributed by atoms with E-state index in [2.05, 4.69) is 31.5 Å². The topological polar surface area (TPSA) is 74.2 Å². The van der Waals surface area contributed by atoms with E-state index in [1.54, 1.807) is 30.5 Å². The minimum absolute atomic E-state index is 0.0846. The van der Waals surface area contributed by atoms with Crippen molar-refractivity contribution in [1.82, 2.24) is 10.3 Å². The second-order valence-corrected chi connectivity index (χ2v) is 5.74. The minimum atomic E-state index is -0.324. The lowest BCUT2D eigenvalue weighted by Gasteiger charge is -2.08. The fourth-order valence-corrected chi connectivity index (χ4v) is 2.30. The first-order valence-electron chi connectivity index (χ1n) is 6.63. The van der Waals surface area contributed by atoms with Gasteiger partial charge in [0.1, 0.15) is 5.69 Å². The Hall–Kier alpha value is -1.47. The molecule has 22 heavy (non-hydrogen) atoms. The number of hydrogen-bond acceptors (Lipinski definition) is 4. The molecule has 0 aliphatic carbocycles. The Morgan fingerprint density at radius 2 is 2.14 bits per heavy atom. The molecule has 0 radical (unpaired) electrons. The molecule has 116 valence electrons. The van der Waals surface area contributed by atoms with Gasteiger partial charge in [-0.25, -0.2) is 0 Å². The van der Waals surface area contributed by atoms with Crippen LogP contribution in [0, 0.1) is 0 Å². The number of hydrogen-bond donors (Lipinski definition) is 3. The highest BCUT2D eigenvalue weighted by atomic mass is 79.9. The van der Waals surface area contributed by atoms with E-state index < -0.39 is 0 Å². The number of rotatable bonds is 6. The number of nitrogens with zero attached hydrogens (tertiary/aromatic N) is 1. The third-order valence-electron chi connectivity index (χ3n) is 2.87. The van der Waals surface area contributed by atoms with E-state index in [-0.39, 0.29) is 12.5 Å². The van der Waals surface area contributed by atoms with Gasteiger partial charge in [-0.1, -0.05) is 23.7 Å². The zero-order chi connectivity index (χ0) is 15.9. The van der Waals surface area contributed by atoms with Gasteiger partial charge >= 0.3 is 0 Å². The van der Waals surface area contributed by atoms with Crippen LogP contribution < -0.4 is 10.6 Å². The first-order valence-corrected chi connectivity index (χ1v) is 7.81. The minimum Gasteiger partial charge on any atom is -0.395 e. The number of amides is 1.